The highest BCUT2D eigenvalue weighted by atomic mass is 16.5. The smallest absolute Gasteiger partial charge is 0.125 e. The molecule has 0 amide bonds. The van der Waals surface area contributed by atoms with Crippen molar-refractivity contribution in [2.45, 2.75) is 19.8 Å². The summed E-state index contributed by atoms with van der Waals surface area (Å²) in [7, 11) is 3.25. The van der Waals surface area contributed by atoms with Crippen LogP contribution in [0.15, 0.2) is 18.2 Å². The quantitative estimate of drug-likeness (QED) is 0.764. The van der Waals surface area contributed by atoms with E-state index in [1.165, 1.54) is 0 Å². The molecule has 86 valence electrons. The average molecular weight is 219 g/mol. The molecule has 16 heavy (non-hydrogen) atoms. The largest absolute Gasteiger partial charge is 0.497 e. The van der Waals surface area contributed by atoms with Crippen molar-refractivity contribution in [1.29, 1.82) is 5.26 Å². The Morgan fingerprint density at radius 2 is 2.06 bits per heavy atom. The highest BCUT2D eigenvalue weighted by Crippen LogP contribution is 2.27. The van der Waals surface area contributed by atoms with Gasteiger partial charge in [-0.3, -0.25) is 0 Å². The first-order valence-corrected chi connectivity index (χ1v) is 5.35. The van der Waals surface area contributed by atoms with Gasteiger partial charge in [-0.05, 0) is 24.5 Å². The minimum atomic E-state index is 0.0438. The van der Waals surface area contributed by atoms with Gasteiger partial charge in [0, 0.05) is 6.07 Å². The minimum Gasteiger partial charge on any atom is -0.497 e. The van der Waals surface area contributed by atoms with E-state index in [9.17, 15) is 0 Å². The molecule has 0 aromatic heterocycles. The fraction of sp³-hybridized carbons (Fsp3) is 0.462. The molecule has 0 N–H and O–H groups in total. The molecule has 1 unspecified atom stereocenters. The van der Waals surface area contributed by atoms with Crippen molar-refractivity contribution < 1.29 is 9.47 Å². The second kappa shape index (κ2) is 6.02. The molecule has 3 nitrogen and oxygen atoms in total. The molecule has 1 atom stereocenters. The molecule has 0 heterocycles. The maximum absolute atomic E-state index is 8.94. The van der Waals surface area contributed by atoms with Gasteiger partial charge in [-0.2, -0.15) is 5.26 Å². The van der Waals surface area contributed by atoms with Crippen molar-refractivity contribution in [2.75, 3.05) is 14.2 Å². The Labute approximate surface area is 96.6 Å². The van der Waals surface area contributed by atoms with Gasteiger partial charge in [-0.25, -0.2) is 0 Å². The van der Waals surface area contributed by atoms with Crippen LogP contribution in [0.5, 0.6) is 11.5 Å². The third kappa shape index (κ3) is 2.90. The van der Waals surface area contributed by atoms with Gasteiger partial charge in [0.1, 0.15) is 11.5 Å². The third-order valence-corrected chi connectivity index (χ3v) is 2.64. The van der Waals surface area contributed by atoms with Crippen LogP contribution in [-0.2, 0) is 6.42 Å². The van der Waals surface area contributed by atoms with Crippen molar-refractivity contribution in [3.8, 4) is 17.6 Å². The summed E-state index contributed by atoms with van der Waals surface area (Å²) in [5.41, 5.74) is 1.05. The summed E-state index contributed by atoms with van der Waals surface area (Å²) in [6.45, 7) is 2.02. The summed E-state index contributed by atoms with van der Waals surface area (Å²) in [4.78, 5) is 0. The SMILES string of the molecule is CCC(C#N)Cc1ccc(OC)cc1OC. The van der Waals surface area contributed by atoms with Crippen LogP contribution in [0.3, 0.4) is 0 Å². The van der Waals surface area contributed by atoms with Crippen LogP contribution in [-0.4, -0.2) is 14.2 Å². The molecule has 0 saturated carbocycles. The van der Waals surface area contributed by atoms with Crippen LogP contribution in [0.4, 0.5) is 0 Å². The lowest BCUT2D eigenvalue weighted by molar-refractivity contribution is 0.389. The highest BCUT2D eigenvalue weighted by Gasteiger charge is 2.11. The monoisotopic (exact) mass is 219 g/mol. The molecule has 1 aromatic rings. The Hall–Kier alpha value is -1.69. The van der Waals surface area contributed by atoms with Gasteiger partial charge in [0.2, 0.25) is 0 Å². The number of hydrogen-bond acceptors (Lipinski definition) is 3. The molecule has 0 fully saturated rings. The van der Waals surface area contributed by atoms with Gasteiger partial charge < -0.3 is 9.47 Å². The first-order valence-electron chi connectivity index (χ1n) is 5.35. The van der Waals surface area contributed by atoms with E-state index in [1.807, 2.05) is 25.1 Å². The second-order valence-corrected chi connectivity index (χ2v) is 3.62. The van der Waals surface area contributed by atoms with Crippen molar-refractivity contribution in [2.24, 2.45) is 5.92 Å². The molecule has 3 heteroatoms. The Balaban J connectivity index is 2.91. The van der Waals surface area contributed by atoms with Crippen LogP contribution < -0.4 is 9.47 Å². The van der Waals surface area contributed by atoms with Crippen molar-refractivity contribution in [3.05, 3.63) is 23.8 Å². The van der Waals surface area contributed by atoms with E-state index in [1.54, 1.807) is 14.2 Å². The molecule has 0 aliphatic heterocycles. The van der Waals surface area contributed by atoms with E-state index in [2.05, 4.69) is 6.07 Å². The zero-order chi connectivity index (χ0) is 12.0. The number of methoxy groups -OCH3 is 2. The Morgan fingerprint density at radius 3 is 2.56 bits per heavy atom. The molecular formula is C13H17NO2. The molecular weight excluding hydrogens is 202 g/mol. The second-order valence-electron chi connectivity index (χ2n) is 3.62. The van der Waals surface area contributed by atoms with Crippen LogP contribution in [0.2, 0.25) is 0 Å². The third-order valence-electron chi connectivity index (χ3n) is 2.64. The Morgan fingerprint density at radius 1 is 1.31 bits per heavy atom. The number of ether oxygens (including phenoxy) is 2. The molecule has 0 radical (unpaired) electrons. The number of rotatable bonds is 5. The van der Waals surface area contributed by atoms with Gasteiger partial charge in [0.05, 0.1) is 26.2 Å². The van der Waals surface area contributed by atoms with Gasteiger partial charge in [0.15, 0.2) is 0 Å². The molecule has 0 saturated heterocycles. The van der Waals surface area contributed by atoms with E-state index in [0.717, 1.165) is 29.9 Å². The van der Waals surface area contributed by atoms with Gasteiger partial charge in [-0.15, -0.1) is 0 Å². The lowest BCUT2D eigenvalue weighted by atomic mass is 9.97. The number of hydrogen-bond donors (Lipinski definition) is 0. The molecule has 0 bridgehead atoms. The maximum Gasteiger partial charge on any atom is 0.125 e. The van der Waals surface area contributed by atoms with E-state index in [4.69, 9.17) is 14.7 Å². The van der Waals surface area contributed by atoms with E-state index in [-0.39, 0.29) is 5.92 Å². The fourth-order valence-electron chi connectivity index (χ4n) is 1.57. The summed E-state index contributed by atoms with van der Waals surface area (Å²) in [6.07, 6.45) is 1.58. The van der Waals surface area contributed by atoms with Gasteiger partial charge in [0.25, 0.3) is 0 Å². The fourth-order valence-corrected chi connectivity index (χ4v) is 1.57. The maximum atomic E-state index is 8.94. The predicted octanol–water partition coefficient (Wildman–Crippen LogP) is 2.80. The standard InChI is InChI=1S/C13H17NO2/c1-4-10(9-14)7-11-5-6-12(15-2)8-13(11)16-3/h5-6,8,10H,4,7H2,1-3H3. The molecule has 0 spiro atoms. The topological polar surface area (TPSA) is 42.2 Å². The van der Waals surface area contributed by atoms with Crippen molar-refractivity contribution in [3.63, 3.8) is 0 Å². The Kier molecular flexibility index (Phi) is 4.65. The molecule has 1 aromatic carbocycles. The summed E-state index contributed by atoms with van der Waals surface area (Å²) in [5.74, 6) is 1.60. The number of nitriles is 1. The van der Waals surface area contributed by atoms with Crippen LogP contribution in [0, 0.1) is 17.2 Å². The minimum absolute atomic E-state index is 0.0438. The predicted molar refractivity (Wildman–Crippen MR) is 62.6 cm³/mol. The van der Waals surface area contributed by atoms with E-state index >= 15 is 0 Å². The normalized spacial score (nSPS) is 11.6. The van der Waals surface area contributed by atoms with Crippen LogP contribution in [0.25, 0.3) is 0 Å². The summed E-state index contributed by atoms with van der Waals surface area (Å²) in [5, 5.41) is 8.94. The average Bonchev–Trinajstić information content (AvgIpc) is 2.35. The van der Waals surface area contributed by atoms with E-state index in [0.29, 0.717) is 0 Å². The zero-order valence-corrected chi connectivity index (χ0v) is 9.99. The Bertz CT molecular complexity index is 382. The lowest BCUT2D eigenvalue weighted by Crippen LogP contribution is -2.02. The van der Waals surface area contributed by atoms with Crippen LogP contribution >= 0.6 is 0 Å². The number of benzene rings is 1. The summed E-state index contributed by atoms with van der Waals surface area (Å²) in [6, 6.07) is 7.99. The zero-order valence-electron chi connectivity index (χ0n) is 9.99. The highest BCUT2D eigenvalue weighted by molar-refractivity contribution is 5.41. The summed E-state index contributed by atoms with van der Waals surface area (Å²) < 4.78 is 10.4. The van der Waals surface area contributed by atoms with Gasteiger partial charge in [-0.1, -0.05) is 13.0 Å². The first-order chi connectivity index (χ1) is 7.74. The summed E-state index contributed by atoms with van der Waals surface area (Å²) >= 11 is 0. The molecule has 0 aliphatic carbocycles. The molecule has 0 aliphatic rings. The lowest BCUT2D eigenvalue weighted by Gasteiger charge is -2.12. The van der Waals surface area contributed by atoms with Gasteiger partial charge >= 0.3 is 0 Å². The van der Waals surface area contributed by atoms with Crippen LogP contribution in [0.1, 0.15) is 18.9 Å². The number of nitrogens with zero attached hydrogens (tertiary/aromatic N) is 1. The van der Waals surface area contributed by atoms with E-state index < -0.39 is 0 Å². The van der Waals surface area contributed by atoms with Crippen molar-refractivity contribution in [1.82, 2.24) is 0 Å². The molecule has 1 rings (SSSR count). The van der Waals surface area contributed by atoms with Crippen molar-refractivity contribution >= 4 is 0 Å². The first kappa shape index (κ1) is 12.4.